The molecule has 0 aliphatic heterocycles. The first-order valence-electron chi connectivity index (χ1n) is 3.75. The second kappa shape index (κ2) is 4.75. The SMILES string of the molecule is C[C@@H](O)CSc1ccccc1Cl. The Morgan fingerprint density at radius 2 is 2.17 bits per heavy atom. The molecule has 0 unspecified atom stereocenters. The van der Waals surface area contributed by atoms with E-state index in [1.807, 2.05) is 24.3 Å². The molecule has 1 aromatic carbocycles. The van der Waals surface area contributed by atoms with Gasteiger partial charge in [0.25, 0.3) is 0 Å². The van der Waals surface area contributed by atoms with Crippen LogP contribution in [0.15, 0.2) is 29.2 Å². The molecule has 0 amide bonds. The molecular weight excluding hydrogens is 192 g/mol. The molecule has 0 saturated heterocycles. The van der Waals surface area contributed by atoms with Crippen LogP contribution in [0.25, 0.3) is 0 Å². The predicted molar refractivity (Wildman–Crippen MR) is 53.9 cm³/mol. The van der Waals surface area contributed by atoms with E-state index in [0.717, 1.165) is 9.92 Å². The average Bonchev–Trinajstić information content (AvgIpc) is 2.03. The highest BCUT2D eigenvalue weighted by Crippen LogP contribution is 2.26. The minimum Gasteiger partial charge on any atom is -0.393 e. The molecule has 0 heterocycles. The summed E-state index contributed by atoms with van der Waals surface area (Å²) < 4.78 is 0. The molecule has 12 heavy (non-hydrogen) atoms. The fraction of sp³-hybridized carbons (Fsp3) is 0.333. The van der Waals surface area contributed by atoms with E-state index in [2.05, 4.69) is 0 Å². The van der Waals surface area contributed by atoms with Gasteiger partial charge in [0.05, 0.1) is 11.1 Å². The van der Waals surface area contributed by atoms with Crippen LogP contribution in [0.3, 0.4) is 0 Å². The van der Waals surface area contributed by atoms with Gasteiger partial charge in [-0.2, -0.15) is 0 Å². The van der Waals surface area contributed by atoms with Gasteiger partial charge in [-0.15, -0.1) is 11.8 Å². The molecule has 1 aromatic rings. The highest BCUT2D eigenvalue weighted by molar-refractivity contribution is 7.99. The second-order valence-corrected chi connectivity index (χ2v) is 4.06. The van der Waals surface area contributed by atoms with Crippen molar-refractivity contribution in [2.75, 3.05) is 5.75 Å². The summed E-state index contributed by atoms with van der Waals surface area (Å²) >= 11 is 7.48. The fourth-order valence-electron chi connectivity index (χ4n) is 0.772. The third-order valence-corrected chi connectivity index (χ3v) is 3.07. The third kappa shape index (κ3) is 3.05. The van der Waals surface area contributed by atoms with Crippen molar-refractivity contribution in [2.24, 2.45) is 0 Å². The first-order valence-corrected chi connectivity index (χ1v) is 5.12. The molecule has 0 aliphatic carbocycles. The Balaban J connectivity index is 2.57. The zero-order chi connectivity index (χ0) is 8.97. The molecule has 0 radical (unpaired) electrons. The molecule has 0 aliphatic rings. The zero-order valence-electron chi connectivity index (χ0n) is 6.83. The van der Waals surface area contributed by atoms with Crippen molar-refractivity contribution in [1.29, 1.82) is 0 Å². The van der Waals surface area contributed by atoms with Crippen LogP contribution in [0, 0.1) is 0 Å². The highest BCUT2D eigenvalue weighted by Gasteiger charge is 2.01. The maximum Gasteiger partial charge on any atom is 0.0606 e. The first kappa shape index (κ1) is 9.90. The lowest BCUT2D eigenvalue weighted by Crippen LogP contribution is -2.02. The topological polar surface area (TPSA) is 20.2 Å². The Hall–Kier alpha value is -0.180. The molecule has 1 N–H and O–H groups in total. The standard InChI is InChI=1S/C9H11ClOS/c1-7(11)6-12-9-5-3-2-4-8(9)10/h2-5,7,11H,6H2,1H3/t7-/m1/s1. The lowest BCUT2D eigenvalue weighted by Gasteiger charge is -2.04. The van der Waals surface area contributed by atoms with Gasteiger partial charge in [0.1, 0.15) is 0 Å². The van der Waals surface area contributed by atoms with Crippen molar-refractivity contribution in [1.82, 2.24) is 0 Å². The Morgan fingerprint density at radius 3 is 2.75 bits per heavy atom. The van der Waals surface area contributed by atoms with Gasteiger partial charge in [0, 0.05) is 10.6 Å². The molecule has 0 spiro atoms. The van der Waals surface area contributed by atoms with Gasteiger partial charge in [-0.3, -0.25) is 0 Å². The molecule has 0 aromatic heterocycles. The van der Waals surface area contributed by atoms with E-state index in [9.17, 15) is 0 Å². The summed E-state index contributed by atoms with van der Waals surface area (Å²) in [6.07, 6.45) is -0.286. The number of aliphatic hydroxyl groups excluding tert-OH is 1. The summed E-state index contributed by atoms with van der Waals surface area (Å²) in [5.41, 5.74) is 0. The second-order valence-electron chi connectivity index (χ2n) is 2.59. The van der Waals surface area contributed by atoms with Crippen LogP contribution < -0.4 is 0 Å². The lowest BCUT2D eigenvalue weighted by atomic mass is 10.4. The molecule has 1 atom stereocenters. The van der Waals surface area contributed by atoms with Gasteiger partial charge in [0.15, 0.2) is 0 Å². The van der Waals surface area contributed by atoms with Gasteiger partial charge in [-0.25, -0.2) is 0 Å². The van der Waals surface area contributed by atoms with E-state index in [1.165, 1.54) is 0 Å². The van der Waals surface area contributed by atoms with Crippen LogP contribution in [0.5, 0.6) is 0 Å². The molecule has 1 rings (SSSR count). The van der Waals surface area contributed by atoms with Crippen molar-refractivity contribution in [3.63, 3.8) is 0 Å². The number of hydrogen-bond donors (Lipinski definition) is 1. The number of halogens is 1. The van der Waals surface area contributed by atoms with Crippen molar-refractivity contribution in [3.05, 3.63) is 29.3 Å². The summed E-state index contributed by atoms with van der Waals surface area (Å²) in [7, 11) is 0. The molecule has 66 valence electrons. The number of thioether (sulfide) groups is 1. The predicted octanol–water partition coefficient (Wildman–Crippen LogP) is 2.81. The van der Waals surface area contributed by atoms with Gasteiger partial charge < -0.3 is 5.11 Å². The highest BCUT2D eigenvalue weighted by atomic mass is 35.5. The number of hydrogen-bond acceptors (Lipinski definition) is 2. The molecule has 3 heteroatoms. The van der Waals surface area contributed by atoms with Crippen LogP contribution in [0.1, 0.15) is 6.92 Å². The summed E-state index contributed by atoms with van der Waals surface area (Å²) in [4.78, 5) is 1.03. The van der Waals surface area contributed by atoms with E-state index in [1.54, 1.807) is 18.7 Å². The Morgan fingerprint density at radius 1 is 1.50 bits per heavy atom. The quantitative estimate of drug-likeness (QED) is 0.761. The van der Waals surface area contributed by atoms with E-state index in [0.29, 0.717) is 5.75 Å². The summed E-state index contributed by atoms with van der Waals surface area (Å²) in [5, 5.41) is 9.79. The van der Waals surface area contributed by atoms with E-state index < -0.39 is 0 Å². The molecule has 0 bridgehead atoms. The Kier molecular flexibility index (Phi) is 3.92. The van der Waals surface area contributed by atoms with Crippen LogP contribution in [0.4, 0.5) is 0 Å². The van der Waals surface area contributed by atoms with Crippen molar-refractivity contribution >= 4 is 23.4 Å². The van der Waals surface area contributed by atoms with Crippen LogP contribution in [-0.4, -0.2) is 17.0 Å². The molecule has 1 nitrogen and oxygen atoms in total. The molecule has 0 saturated carbocycles. The van der Waals surface area contributed by atoms with Crippen LogP contribution >= 0.6 is 23.4 Å². The van der Waals surface area contributed by atoms with Crippen molar-refractivity contribution in [2.45, 2.75) is 17.9 Å². The van der Waals surface area contributed by atoms with Gasteiger partial charge in [-0.05, 0) is 19.1 Å². The maximum absolute atomic E-state index is 9.04. The zero-order valence-corrected chi connectivity index (χ0v) is 8.40. The van der Waals surface area contributed by atoms with E-state index >= 15 is 0 Å². The number of benzene rings is 1. The normalized spacial score (nSPS) is 12.9. The summed E-state index contributed by atoms with van der Waals surface area (Å²) in [6, 6.07) is 7.65. The third-order valence-electron chi connectivity index (χ3n) is 1.32. The summed E-state index contributed by atoms with van der Waals surface area (Å²) in [5.74, 6) is 0.684. The minimum atomic E-state index is -0.286. The van der Waals surface area contributed by atoms with Crippen LogP contribution in [-0.2, 0) is 0 Å². The monoisotopic (exact) mass is 202 g/mol. The summed E-state index contributed by atoms with van der Waals surface area (Å²) in [6.45, 7) is 1.77. The van der Waals surface area contributed by atoms with E-state index in [4.69, 9.17) is 16.7 Å². The fourth-order valence-corrected chi connectivity index (χ4v) is 1.87. The smallest absolute Gasteiger partial charge is 0.0606 e. The molecular formula is C9H11ClOS. The van der Waals surface area contributed by atoms with Gasteiger partial charge in [-0.1, -0.05) is 23.7 Å². The maximum atomic E-state index is 9.04. The first-order chi connectivity index (χ1) is 5.70. The average molecular weight is 203 g/mol. The Labute approximate surface area is 81.7 Å². The van der Waals surface area contributed by atoms with Crippen LogP contribution in [0.2, 0.25) is 5.02 Å². The number of rotatable bonds is 3. The van der Waals surface area contributed by atoms with Gasteiger partial charge in [0.2, 0.25) is 0 Å². The Bertz CT molecular complexity index is 250. The van der Waals surface area contributed by atoms with Crippen molar-refractivity contribution < 1.29 is 5.11 Å². The van der Waals surface area contributed by atoms with Gasteiger partial charge >= 0.3 is 0 Å². The number of aliphatic hydroxyl groups is 1. The lowest BCUT2D eigenvalue weighted by molar-refractivity contribution is 0.220. The van der Waals surface area contributed by atoms with E-state index in [-0.39, 0.29) is 6.10 Å². The van der Waals surface area contributed by atoms with Crippen molar-refractivity contribution in [3.8, 4) is 0 Å². The minimum absolute atomic E-state index is 0.286. The molecule has 0 fully saturated rings. The largest absolute Gasteiger partial charge is 0.393 e.